The van der Waals surface area contributed by atoms with Crippen molar-refractivity contribution in [3.63, 3.8) is 0 Å². The number of nitrogens with zero attached hydrogens (tertiary/aromatic N) is 3. The van der Waals surface area contributed by atoms with Gasteiger partial charge in [0, 0.05) is 23.1 Å². The lowest BCUT2D eigenvalue weighted by Crippen LogP contribution is -2.24. The van der Waals surface area contributed by atoms with Gasteiger partial charge in [-0.05, 0) is 44.2 Å². The van der Waals surface area contributed by atoms with Crippen LogP contribution in [0.15, 0.2) is 47.0 Å². The highest BCUT2D eigenvalue weighted by atomic mass is 79.9. The van der Waals surface area contributed by atoms with Crippen LogP contribution >= 0.6 is 15.9 Å². The molecule has 2 aromatic rings. The maximum Gasteiger partial charge on any atom is 0.356 e. The summed E-state index contributed by atoms with van der Waals surface area (Å²) >= 11 is 3.49. The fourth-order valence-corrected chi connectivity index (χ4v) is 2.62. The molecule has 1 N–H and O–H groups in total. The fourth-order valence-electron chi connectivity index (χ4n) is 2.21. The number of hydrogen-bond donors (Lipinski definition) is 1. The first kappa shape index (κ1) is 18.9. The third kappa shape index (κ3) is 5.29. The van der Waals surface area contributed by atoms with Gasteiger partial charge in [0.2, 0.25) is 0 Å². The van der Waals surface area contributed by atoms with Gasteiger partial charge < -0.3 is 14.7 Å². The van der Waals surface area contributed by atoms with E-state index in [1.807, 2.05) is 49.1 Å². The number of allylic oxidation sites excluding steroid dienone is 1. The molecule has 2 rings (SSSR count). The zero-order valence-corrected chi connectivity index (χ0v) is 15.7. The van der Waals surface area contributed by atoms with Crippen LogP contribution in [0.25, 0.3) is 0 Å². The molecule has 0 amide bonds. The monoisotopic (exact) mass is 405 g/mol. The van der Waals surface area contributed by atoms with E-state index < -0.39 is 5.97 Å². The molecule has 0 atom stereocenters. The molecule has 25 heavy (non-hydrogen) atoms. The zero-order chi connectivity index (χ0) is 18.2. The molecule has 0 aliphatic carbocycles. The summed E-state index contributed by atoms with van der Waals surface area (Å²) < 4.78 is 6.78. The molecule has 0 saturated heterocycles. The maximum atomic E-state index is 10.9. The molecule has 0 unspecified atom stereocenters. The summed E-state index contributed by atoms with van der Waals surface area (Å²) in [6.45, 7) is 5.73. The van der Waals surface area contributed by atoms with Gasteiger partial charge in [-0.15, -0.1) is 10.2 Å². The van der Waals surface area contributed by atoms with Crippen LogP contribution in [0.1, 0.15) is 29.9 Å². The number of hydrogen-bond acceptors (Lipinski definition) is 5. The van der Waals surface area contributed by atoms with Crippen LogP contribution < -0.4 is 9.64 Å². The van der Waals surface area contributed by atoms with Crippen LogP contribution in [0.4, 0.5) is 5.82 Å². The van der Waals surface area contributed by atoms with Gasteiger partial charge in [-0.2, -0.15) is 0 Å². The smallest absolute Gasteiger partial charge is 0.356 e. The summed E-state index contributed by atoms with van der Waals surface area (Å²) in [6, 6.07) is 8.99. The highest BCUT2D eigenvalue weighted by Crippen LogP contribution is 2.26. The van der Waals surface area contributed by atoms with Gasteiger partial charge in [0.25, 0.3) is 0 Å². The second-order valence-corrected chi connectivity index (χ2v) is 6.14. The van der Waals surface area contributed by atoms with Gasteiger partial charge in [0.15, 0.2) is 11.5 Å². The van der Waals surface area contributed by atoms with Crippen molar-refractivity contribution in [2.75, 3.05) is 18.1 Å². The first-order valence-electron chi connectivity index (χ1n) is 7.89. The van der Waals surface area contributed by atoms with Crippen LogP contribution in [0, 0.1) is 0 Å². The molecule has 0 bridgehead atoms. The van der Waals surface area contributed by atoms with Gasteiger partial charge in [-0.1, -0.05) is 28.1 Å². The number of aromatic carboxylic acids is 1. The summed E-state index contributed by atoms with van der Waals surface area (Å²) in [5.74, 6) is 0.329. The second kappa shape index (κ2) is 9.17. The Balaban J connectivity index is 2.22. The molecule has 1 aromatic carbocycles. The Morgan fingerprint density at radius 1 is 1.32 bits per heavy atom. The number of anilines is 1. The lowest BCUT2D eigenvalue weighted by molar-refractivity contribution is 0.0689. The standard InChI is InChI=1S/C18H20BrN3O3/c1-3-5-10-25-16-8-6-14(19)11-13(16)12-22(4-2)17-9-7-15(18(23)24)20-21-17/h3,5-9,11H,4,10,12H2,1-2H3,(H,23,24). The number of carbonyl (C=O) groups is 1. The van der Waals surface area contributed by atoms with Crippen LogP contribution in [0.2, 0.25) is 0 Å². The average molecular weight is 406 g/mol. The Kier molecular flexibility index (Phi) is 6.94. The van der Waals surface area contributed by atoms with Crippen molar-refractivity contribution in [3.8, 4) is 5.75 Å². The molecule has 1 aromatic heterocycles. The van der Waals surface area contributed by atoms with Gasteiger partial charge in [0.05, 0.1) is 0 Å². The minimum absolute atomic E-state index is 0.0716. The van der Waals surface area contributed by atoms with E-state index in [9.17, 15) is 4.79 Å². The molecule has 0 radical (unpaired) electrons. The zero-order valence-electron chi connectivity index (χ0n) is 14.1. The average Bonchev–Trinajstić information content (AvgIpc) is 2.61. The Labute approximate surface area is 155 Å². The largest absolute Gasteiger partial charge is 0.489 e. The summed E-state index contributed by atoms with van der Waals surface area (Å²) in [7, 11) is 0. The lowest BCUT2D eigenvalue weighted by Gasteiger charge is -2.23. The van der Waals surface area contributed by atoms with Crippen molar-refractivity contribution in [1.29, 1.82) is 0 Å². The predicted molar refractivity (Wildman–Crippen MR) is 100 cm³/mol. The normalized spacial score (nSPS) is 10.8. The summed E-state index contributed by atoms with van der Waals surface area (Å²) in [4.78, 5) is 12.9. The van der Waals surface area contributed by atoms with Crippen molar-refractivity contribution in [1.82, 2.24) is 10.2 Å². The fraction of sp³-hybridized carbons (Fsp3) is 0.278. The van der Waals surface area contributed by atoms with E-state index in [0.717, 1.165) is 15.8 Å². The minimum Gasteiger partial charge on any atom is -0.489 e. The molecule has 6 nitrogen and oxygen atoms in total. The molecule has 0 spiro atoms. The van der Waals surface area contributed by atoms with Crippen LogP contribution in [-0.4, -0.2) is 34.4 Å². The first-order chi connectivity index (χ1) is 12.0. The molecular formula is C18H20BrN3O3. The second-order valence-electron chi connectivity index (χ2n) is 5.23. The molecule has 0 saturated carbocycles. The number of ether oxygens (including phenoxy) is 1. The van der Waals surface area contributed by atoms with Crippen LogP contribution in [-0.2, 0) is 6.54 Å². The molecule has 7 heteroatoms. The van der Waals surface area contributed by atoms with E-state index in [4.69, 9.17) is 9.84 Å². The van der Waals surface area contributed by atoms with Crippen molar-refractivity contribution in [2.24, 2.45) is 0 Å². The van der Waals surface area contributed by atoms with Crippen LogP contribution in [0.5, 0.6) is 5.75 Å². The van der Waals surface area contributed by atoms with Gasteiger partial charge >= 0.3 is 5.97 Å². The van der Waals surface area contributed by atoms with Crippen molar-refractivity contribution in [2.45, 2.75) is 20.4 Å². The Hall–Kier alpha value is -2.41. The summed E-state index contributed by atoms with van der Waals surface area (Å²) in [5.41, 5.74) is 0.933. The molecular weight excluding hydrogens is 386 g/mol. The van der Waals surface area contributed by atoms with Crippen molar-refractivity contribution < 1.29 is 14.6 Å². The summed E-state index contributed by atoms with van der Waals surface area (Å²) in [6.07, 6.45) is 3.88. The molecule has 0 fully saturated rings. The van der Waals surface area contributed by atoms with E-state index >= 15 is 0 Å². The number of carboxylic acid groups (broad SMARTS) is 1. The quantitative estimate of drug-likeness (QED) is 0.670. The molecule has 0 aliphatic rings. The van der Waals surface area contributed by atoms with E-state index in [1.165, 1.54) is 6.07 Å². The number of benzene rings is 1. The van der Waals surface area contributed by atoms with E-state index in [2.05, 4.69) is 26.1 Å². The maximum absolute atomic E-state index is 10.9. The van der Waals surface area contributed by atoms with E-state index in [0.29, 0.717) is 25.5 Å². The number of carboxylic acids is 1. The van der Waals surface area contributed by atoms with Gasteiger partial charge in [-0.25, -0.2) is 4.79 Å². The third-order valence-corrected chi connectivity index (χ3v) is 4.02. The minimum atomic E-state index is -1.09. The van der Waals surface area contributed by atoms with E-state index in [1.54, 1.807) is 6.07 Å². The Morgan fingerprint density at radius 2 is 2.12 bits per heavy atom. The SMILES string of the molecule is CC=CCOc1ccc(Br)cc1CN(CC)c1ccc(C(=O)O)nn1. The van der Waals surface area contributed by atoms with Gasteiger partial charge in [0.1, 0.15) is 12.4 Å². The number of aromatic nitrogens is 2. The number of rotatable bonds is 8. The molecule has 132 valence electrons. The Morgan fingerprint density at radius 3 is 2.72 bits per heavy atom. The first-order valence-corrected chi connectivity index (χ1v) is 8.68. The number of halogens is 1. The van der Waals surface area contributed by atoms with Crippen molar-refractivity contribution >= 4 is 27.7 Å². The highest BCUT2D eigenvalue weighted by Gasteiger charge is 2.13. The molecule has 0 aliphatic heterocycles. The lowest BCUT2D eigenvalue weighted by atomic mass is 10.2. The topological polar surface area (TPSA) is 75.5 Å². The van der Waals surface area contributed by atoms with Crippen LogP contribution in [0.3, 0.4) is 0 Å². The van der Waals surface area contributed by atoms with Crippen molar-refractivity contribution in [3.05, 3.63) is 58.2 Å². The Bertz CT molecular complexity index is 748. The predicted octanol–water partition coefficient (Wildman–Crippen LogP) is 3.92. The summed E-state index contributed by atoms with van der Waals surface area (Å²) in [5, 5.41) is 16.7. The van der Waals surface area contributed by atoms with E-state index in [-0.39, 0.29) is 5.69 Å². The van der Waals surface area contributed by atoms with Gasteiger partial charge in [-0.3, -0.25) is 0 Å². The highest BCUT2D eigenvalue weighted by molar-refractivity contribution is 9.10. The molecule has 1 heterocycles. The third-order valence-electron chi connectivity index (χ3n) is 3.53.